The van der Waals surface area contributed by atoms with Gasteiger partial charge < -0.3 is 9.64 Å². The minimum atomic E-state index is 0.115. The summed E-state index contributed by atoms with van der Waals surface area (Å²) in [7, 11) is 0. The van der Waals surface area contributed by atoms with E-state index < -0.39 is 0 Å². The fourth-order valence-corrected chi connectivity index (χ4v) is 2.03. The molecule has 0 aromatic heterocycles. The third kappa shape index (κ3) is 2.29. The summed E-state index contributed by atoms with van der Waals surface area (Å²) in [5.41, 5.74) is 1.37. The molecule has 1 fully saturated rings. The van der Waals surface area contributed by atoms with E-state index in [1.807, 2.05) is 4.90 Å². The molecule has 1 aliphatic carbocycles. The topological polar surface area (TPSA) is 29.5 Å². The largest absolute Gasteiger partial charge is 0.370 e. The van der Waals surface area contributed by atoms with Crippen molar-refractivity contribution in [3.8, 4) is 0 Å². The van der Waals surface area contributed by atoms with Crippen LogP contribution in [-0.2, 0) is 9.53 Å². The number of ether oxygens (including phenoxy) is 1. The van der Waals surface area contributed by atoms with Crippen molar-refractivity contribution in [2.45, 2.75) is 25.8 Å². The Balaban J connectivity index is 1.98. The van der Waals surface area contributed by atoms with E-state index in [4.69, 9.17) is 4.74 Å². The zero-order valence-electron chi connectivity index (χ0n) is 9.11. The normalized spacial score (nSPS) is 26.7. The Bertz CT molecular complexity index is 307. The van der Waals surface area contributed by atoms with Crippen LogP contribution in [0.2, 0.25) is 0 Å². The molecule has 3 heteroatoms. The highest BCUT2D eigenvalue weighted by molar-refractivity contribution is 5.78. The summed E-state index contributed by atoms with van der Waals surface area (Å²) in [6, 6.07) is 0.247. The number of amides is 1. The predicted molar refractivity (Wildman–Crippen MR) is 58.5 cm³/mol. The number of hydrogen-bond acceptors (Lipinski definition) is 2. The van der Waals surface area contributed by atoms with E-state index in [0.717, 1.165) is 19.4 Å². The van der Waals surface area contributed by atoms with Crippen LogP contribution in [0, 0.1) is 0 Å². The van der Waals surface area contributed by atoms with Gasteiger partial charge in [-0.05, 0) is 12.8 Å². The molecule has 0 saturated carbocycles. The Kier molecular flexibility index (Phi) is 3.21. The zero-order valence-corrected chi connectivity index (χ0v) is 9.11. The van der Waals surface area contributed by atoms with Crippen molar-refractivity contribution in [2.75, 3.05) is 19.8 Å². The molecule has 0 spiro atoms. The lowest BCUT2D eigenvalue weighted by Gasteiger charge is -2.33. The number of nitrogens with zero attached hydrogens (tertiary/aromatic N) is 1. The van der Waals surface area contributed by atoms with E-state index in [9.17, 15) is 4.79 Å². The second kappa shape index (κ2) is 4.62. The first-order chi connectivity index (χ1) is 7.31. The molecule has 15 heavy (non-hydrogen) atoms. The fraction of sp³-hybridized carbons (Fsp3) is 0.583. The Labute approximate surface area is 90.4 Å². The van der Waals surface area contributed by atoms with Crippen LogP contribution in [0.15, 0.2) is 23.8 Å². The average Bonchev–Trinajstić information content (AvgIpc) is 2.30. The summed E-state index contributed by atoms with van der Waals surface area (Å²) in [5, 5.41) is 0. The maximum atomic E-state index is 11.6. The van der Waals surface area contributed by atoms with Crippen LogP contribution >= 0.6 is 0 Å². The molecule has 1 saturated heterocycles. The maximum absolute atomic E-state index is 11.6. The Morgan fingerprint density at radius 3 is 3.07 bits per heavy atom. The molecule has 1 heterocycles. The van der Waals surface area contributed by atoms with E-state index >= 15 is 0 Å². The molecule has 0 radical (unpaired) electrons. The van der Waals surface area contributed by atoms with Gasteiger partial charge >= 0.3 is 0 Å². The van der Waals surface area contributed by atoms with Gasteiger partial charge in [0, 0.05) is 6.54 Å². The van der Waals surface area contributed by atoms with E-state index in [1.54, 1.807) is 0 Å². The van der Waals surface area contributed by atoms with Crippen molar-refractivity contribution < 1.29 is 9.53 Å². The van der Waals surface area contributed by atoms with Gasteiger partial charge in [-0.2, -0.15) is 0 Å². The van der Waals surface area contributed by atoms with Crippen molar-refractivity contribution >= 4 is 5.91 Å². The molecule has 82 valence electrons. The number of morpholine rings is 1. The minimum absolute atomic E-state index is 0.115. The molecule has 1 atom stereocenters. The van der Waals surface area contributed by atoms with E-state index in [1.165, 1.54) is 5.57 Å². The van der Waals surface area contributed by atoms with Gasteiger partial charge in [0.1, 0.15) is 6.61 Å². The highest BCUT2D eigenvalue weighted by Crippen LogP contribution is 2.18. The second-order valence-corrected chi connectivity index (χ2v) is 3.93. The molecule has 1 aliphatic heterocycles. The molecule has 0 aromatic rings. The number of hydrogen-bond donors (Lipinski definition) is 0. The van der Waals surface area contributed by atoms with E-state index in [-0.39, 0.29) is 18.6 Å². The molecular weight excluding hydrogens is 190 g/mol. The quantitative estimate of drug-likeness (QED) is 0.687. The molecule has 2 rings (SSSR count). The van der Waals surface area contributed by atoms with Gasteiger partial charge in [-0.3, -0.25) is 4.79 Å². The van der Waals surface area contributed by atoms with Crippen LogP contribution in [0.5, 0.6) is 0 Å². The minimum Gasteiger partial charge on any atom is -0.370 e. The first-order valence-corrected chi connectivity index (χ1v) is 5.55. The van der Waals surface area contributed by atoms with Gasteiger partial charge in [0.25, 0.3) is 0 Å². The molecule has 0 aromatic carbocycles. The van der Waals surface area contributed by atoms with Crippen molar-refractivity contribution in [1.29, 1.82) is 0 Å². The lowest BCUT2D eigenvalue weighted by Crippen LogP contribution is -2.47. The van der Waals surface area contributed by atoms with E-state index in [0.29, 0.717) is 6.61 Å². The first-order valence-electron chi connectivity index (χ1n) is 5.55. The lowest BCUT2D eigenvalue weighted by atomic mass is 10.00. The third-order valence-corrected chi connectivity index (χ3v) is 2.98. The average molecular weight is 207 g/mol. The van der Waals surface area contributed by atoms with Gasteiger partial charge in [0.05, 0.1) is 12.6 Å². The summed E-state index contributed by atoms with van der Waals surface area (Å²) in [5.74, 6) is 0.115. The van der Waals surface area contributed by atoms with Crippen LogP contribution in [-0.4, -0.2) is 36.6 Å². The molecule has 0 bridgehead atoms. The Morgan fingerprint density at radius 1 is 1.60 bits per heavy atom. The first kappa shape index (κ1) is 10.4. The fourth-order valence-electron chi connectivity index (χ4n) is 2.03. The van der Waals surface area contributed by atoms with Gasteiger partial charge in [-0.25, -0.2) is 0 Å². The van der Waals surface area contributed by atoms with Gasteiger partial charge in [0.2, 0.25) is 5.91 Å². The highest BCUT2D eigenvalue weighted by atomic mass is 16.5. The summed E-state index contributed by atoms with van der Waals surface area (Å²) < 4.78 is 5.11. The predicted octanol–water partition coefficient (Wildman–Crippen LogP) is 1.51. The molecule has 0 N–H and O–H groups in total. The van der Waals surface area contributed by atoms with Crippen LogP contribution in [0.3, 0.4) is 0 Å². The van der Waals surface area contributed by atoms with Gasteiger partial charge in [0.15, 0.2) is 0 Å². The smallest absolute Gasteiger partial charge is 0.249 e. The van der Waals surface area contributed by atoms with Crippen molar-refractivity contribution in [1.82, 2.24) is 4.90 Å². The van der Waals surface area contributed by atoms with Crippen molar-refractivity contribution in [3.63, 3.8) is 0 Å². The standard InChI is InChI=1S/C12H17NO2/c1-2-10-3-5-11(6-4-10)13-7-8-15-9-12(13)14/h3-5,11H,2,6-9H2,1H3. The SMILES string of the molecule is CCC1=CCC(N2CCOCC2=O)C=C1. The molecule has 3 nitrogen and oxygen atoms in total. The number of carbonyl (C=O) groups is 1. The van der Waals surface area contributed by atoms with Crippen LogP contribution < -0.4 is 0 Å². The van der Waals surface area contributed by atoms with Crippen molar-refractivity contribution in [3.05, 3.63) is 23.8 Å². The summed E-state index contributed by atoms with van der Waals surface area (Å²) in [4.78, 5) is 13.5. The van der Waals surface area contributed by atoms with Gasteiger partial charge in [-0.15, -0.1) is 0 Å². The number of carbonyl (C=O) groups excluding carboxylic acids is 1. The van der Waals surface area contributed by atoms with Crippen molar-refractivity contribution in [2.24, 2.45) is 0 Å². The van der Waals surface area contributed by atoms with Crippen LogP contribution in [0.1, 0.15) is 19.8 Å². The Hall–Kier alpha value is -1.09. The third-order valence-electron chi connectivity index (χ3n) is 2.98. The number of allylic oxidation sites excluding steroid dienone is 2. The lowest BCUT2D eigenvalue weighted by molar-refractivity contribution is -0.144. The number of rotatable bonds is 2. The van der Waals surface area contributed by atoms with E-state index in [2.05, 4.69) is 25.2 Å². The highest BCUT2D eigenvalue weighted by Gasteiger charge is 2.25. The summed E-state index contributed by atoms with van der Waals surface area (Å²) in [6.45, 7) is 3.79. The molecule has 1 unspecified atom stereocenters. The second-order valence-electron chi connectivity index (χ2n) is 3.93. The molecule has 2 aliphatic rings. The van der Waals surface area contributed by atoms with Crippen LogP contribution in [0.4, 0.5) is 0 Å². The monoisotopic (exact) mass is 207 g/mol. The maximum Gasteiger partial charge on any atom is 0.249 e. The summed E-state index contributed by atoms with van der Waals surface area (Å²) in [6.07, 6.45) is 8.53. The Morgan fingerprint density at radius 2 is 2.47 bits per heavy atom. The zero-order chi connectivity index (χ0) is 10.7. The van der Waals surface area contributed by atoms with Gasteiger partial charge in [-0.1, -0.05) is 30.7 Å². The summed E-state index contributed by atoms with van der Waals surface area (Å²) >= 11 is 0. The molecule has 1 amide bonds. The molecular formula is C12H17NO2. The van der Waals surface area contributed by atoms with Crippen LogP contribution in [0.25, 0.3) is 0 Å².